The topological polar surface area (TPSA) is 76.1 Å². The quantitative estimate of drug-likeness (QED) is 0.740. The summed E-state index contributed by atoms with van der Waals surface area (Å²) in [4.78, 5) is 27.9. The number of aromatic amines is 1. The van der Waals surface area contributed by atoms with Crippen molar-refractivity contribution in [3.8, 4) is 5.69 Å². The van der Waals surface area contributed by atoms with Crippen LogP contribution in [0.2, 0.25) is 5.02 Å². The van der Waals surface area contributed by atoms with E-state index in [0.717, 1.165) is 24.8 Å². The van der Waals surface area contributed by atoms with Crippen molar-refractivity contribution in [1.82, 2.24) is 14.9 Å². The summed E-state index contributed by atoms with van der Waals surface area (Å²) in [6.45, 7) is 1.23. The van der Waals surface area contributed by atoms with Crippen molar-refractivity contribution in [2.24, 2.45) is 0 Å². The zero-order valence-electron chi connectivity index (χ0n) is 14.0. The second-order valence-corrected chi connectivity index (χ2v) is 6.75. The minimum Gasteiger partial charge on any atom is -0.376 e. The van der Waals surface area contributed by atoms with E-state index in [1.54, 1.807) is 36.4 Å². The first-order chi connectivity index (χ1) is 12.6. The molecule has 2 aromatic heterocycles. The number of carbonyl (C=O) groups is 1. The predicted molar refractivity (Wildman–Crippen MR) is 100 cm³/mol. The van der Waals surface area contributed by atoms with Crippen molar-refractivity contribution in [2.45, 2.75) is 18.9 Å². The standard InChI is InChI=1S/C19H18ClN3O3/c20-13-4-6-14(7-5-13)23-17(24)8-3-12-10-16(22-18(12)23)19(25)21-11-15-2-1-9-26-15/h3-8,10,15,22H,1-2,9,11H2,(H,21,25). The molecule has 4 rings (SSSR count). The van der Waals surface area contributed by atoms with Crippen LogP contribution >= 0.6 is 11.6 Å². The van der Waals surface area contributed by atoms with Gasteiger partial charge in [-0.3, -0.25) is 14.2 Å². The highest BCUT2D eigenvalue weighted by atomic mass is 35.5. The highest BCUT2D eigenvalue weighted by molar-refractivity contribution is 6.30. The Morgan fingerprint density at radius 1 is 1.27 bits per heavy atom. The summed E-state index contributed by atoms with van der Waals surface area (Å²) in [5.41, 5.74) is 1.47. The SMILES string of the molecule is O=C(NCC1CCCO1)c1cc2ccc(=O)n(-c3ccc(Cl)cc3)c2[nH]1. The number of ether oxygens (including phenoxy) is 1. The number of benzene rings is 1. The molecule has 1 atom stereocenters. The minimum atomic E-state index is -0.216. The summed E-state index contributed by atoms with van der Waals surface area (Å²) in [6, 6.07) is 11.9. The van der Waals surface area contributed by atoms with Gasteiger partial charge in [0, 0.05) is 29.6 Å². The Morgan fingerprint density at radius 3 is 2.81 bits per heavy atom. The number of halogens is 1. The highest BCUT2D eigenvalue weighted by Gasteiger charge is 2.18. The van der Waals surface area contributed by atoms with E-state index in [1.165, 1.54) is 10.6 Å². The van der Waals surface area contributed by atoms with Crippen LogP contribution in [0, 0.1) is 0 Å². The van der Waals surface area contributed by atoms with Crippen LogP contribution in [-0.4, -0.2) is 34.7 Å². The van der Waals surface area contributed by atoms with Crippen molar-refractivity contribution < 1.29 is 9.53 Å². The fraction of sp³-hybridized carbons (Fsp3) is 0.263. The molecule has 1 aliphatic heterocycles. The number of H-pyrrole nitrogens is 1. The highest BCUT2D eigenvalue weighted by Crippen LogP contribution is 2.19. The molecule has 1 aliphatic rings. The first-order valence-corrected chi connectivity index (χ1v) is 8.90. The van der Waals surface area contributed by atoms with Crippen molar-refractivity contribution in [3.05, 3.63) is 63.5 Å². The van der Waals surface area contributed by atoms with Crippen LogP contribution in [0.25, 0.3) is 16.7 Å². The third-order valence-electron chi connectivity index (χ3n) is 4.52. The lowest BCUT2D eigenvalue weighted by Gasteiger charge is -2.10. The fourth-order valence-electron chi connectivity index (χ4n) is 3.19. The number of rotatable bonds is 4. The smallest absolute Gasteiger partial charge is 0.267 e. The molecule has 6 nitrogen and oxygen atoms in total. The summed E-state index contributed by atoms with van der Waals surface area (Å²) >= 11 is 5.93. The van der Waals surface area contributed by atoms with Gasteiger partial charge in [0.1, 0.15) is 11.3 Å². The normalized spacial score (nSPS) is 16.9. The van der Waals surface area contributed by atoms with Crippen molar-refractivity contribution in [1.29, 1.82) is 0 Å². The lowest BCUT2D eigenvalue weighted by molar-refractivity contribution is 0.0854. The Balaban J connectivity index is 1.66. The zero-order chi connectivity index (χ0) is 18.1. The van der Waals surface area contributed by atoms with Gasteiger partial charge in [-0.1, -0.05) is 11.6 Å². The largest absolute Gasteiger partial charge is 0.376 e. The third kappa shape index (κ3) is 3.25. The van der Waals surface area contributed by atoms with Gasteiger partial charge in [-0.05, 0) is 49.2 Å². The molecule has 0 aliphatic carbocycles. The maximum Gasteiger partial charge on any atom is 0.267 e. The average Bonchev–Trinajstić information content (AvgIpc) is 3.30. The maximum absolute atomic E-state index is 12.4. The number of pyridine rings is 1. The van der Waals surface area contributed by atoms with Crippen LogP contribution in [0.3, 0.4) is 0 Å². The van der Waals surface area contributed by atoms with E-state index in [9.17, 15) is 9.59 Å². The number of amides is 1. The Kier molecular flexibility index (Phi) is 4.53. The molecule has 1 unspecified atom stereocenters. The monoisotopic (exact) mass is 371 g/mol. The van der Waals surface area contributed by atoms with E-state index in [0.29, 0.717) is 28.6 Å². The number of carbonyl (C=O) groups excluding carboxylic acids is 1. The van der Waals surface area contributed by atoms with Crippen molar-refractivity contribution in [3.63, 3.8) is 0 Å². The molecule has 1 aromatic carbocycles. The zero-order valence-corrected chi connectivity index (χ0v) is 14.8. The van der Waals surface area contributed by atoms with Gasteiger partial charge in [-0.25, -0.2) is 0 Å². The van der Waals surface area contributed by atoms with Gasteiger partial charge in [-0.15, -0.1) is 0 Å². The number of hydrogen-bond donors (Lipinski definition) is 2. The molecule has 26 heavy (non-hydrogen) atoms. The van der Waals surface area contributed by atoms with Crippen molar-refractivity contribution in [2.75, 3.05) is 13.2 Å². The fourth-order valence-corrected chi connectivity index (χ4v) is 3.32. The molecule has 3 aromatic rings. The number of nitrogens with zero attached hydrogens (tertiary/aromatic N) is 1. The number of fused-ring (bicyclic) bond motifs is 1. The molecule has 1 amide bonds. The minimum absolute atomic E-state index is 0.0792. The second-order valence-electron chi connectivity index (χ2n) is 6.32. The molecule has 1 saturated heterocycles. The van der Waals surface area contributed by atoms with Gasteiger partial charge in [0.05, 0.1) is 11.8 Å². The first kappa shape index (κ1) is 16.9. The molecule has 134 valence electrons. The van der Waals surface area contributed by atoms with Gasteiger partial charge in [0.15, 0.2) is 0 Å². The van der Waals surface area contributed by atoms with Gasteiger partial charge in [0.25, 0.3) is 11.5 Å². The number of nitrogens with one attached hydrogen (secondary N) is 2. The summed E-state index contributed by atoms with van der Waals surface area (Å²) in [7, 11) is 0. The molecule has 7 heteroatoms. The first-order valence-electron chi connectivity index (χ1n) is 8.52. The van der Waals surface area contributed by atoms with E-state index < -0.39 is 0 Å². The molecule has 2 N–H and O–H groups in total. The molecule has 1 fully saturated rings. The Bertz CT molecular complexity index is 1000. The molecular weight excluding hydrogens is 354 g/mol. The number of aromatic nitrogens is 2. The van der Waals surface area contributed by atoms with Crippen molar-refractivity contribution >= 4 is 28.5 Å². The van der Waals surface area contributed by atoms with E-state index in [2.05, 4.69) is 10.3 Å². The van der Waals surface area contributed by atoms with Crippen LogP contribution < -0.4 is 10.9 Å². The molecule has 0 spiro atoms. The van der Waals surface area contributed by atoms with Gasteiger partial charge < -0.3 is 15.0 Å². The average molecular weight is 372 g/mol. The molecular formula is C19H18ClN3O3. The molecule has 0 radical (unpaired) electrons. The van der Waals surface area contributed by atoms with Gasteiger partial charge >= 0.3 is 0 Å². The number of hydrogen-bond acceptors (Lipinski definition) is 3. The third-order valence-corrected chi connectivity index (χ3v) is 4.77. The Morgan fingerprint density at radius 2 is 2.08 bits per heavy atom. The lowest BCUT2D eigenvalue weighted by atomic mass is 10.2. The van der Waals surface area contributed by atoms with Crippen LogP contribution in [0.4, 0.5) is 0 Å². The van der Waals surface area contributed by atoms with E-state index in [1.807, 2.05) is 0 Å². The molecule has 0 bridgehead atoms. The van der Waals surface area contributed by atoms with Crippen LogP contribution in [0.5, 0.6) is 0 Å². The summed E-state index contributed by atoms with van der Waals surface area (Å²) in [6.07, 6.45) is 2.07. The van der Waals surface area contributed by atoms with Gasteiger partial charge in [-0.2, -0.15) is 0 Å². The molecule has 3 heterocycles. The second kappa shape index (κ2) is 6.97. The molecule has 0 saturated carbocycles. The summed E-state index contributed by atoms with van der Waals surface area (Å²) < 4.78 is 7.05. The van der Waals surface area contributed by atoms with Crippen LogP contribution in [0.1, 0.15) is 23.3 Å². The van der Waals surface area contributed by atoms with Crippen LogP contribution in [-0.2, 0) is 4.74 Å². The van der Waals surface area contributed by atoms with E-state index >= 15 is 0 Å². The summed E-state index contributed by atoms with van der Waals surface area (Å²) in [5, 5.41) is 4.25. The Hall–Kier alpha value is -2.57. The van der Waals surface area contributed by atoms with E-state index in [-0.39, 0.29) is 17.6 Å². The van der Waals surface area contributed by atoms with Gasteiger partial charge in [0.2, 0.25) is 0 Å². The van der Waals surface area contributed by atoms with Crippen LogP contribution in [0.15, 0.2) is 47.3 Å². The Labute approximate surface area is 154 Å². The summed E-state index contributed by atoms with van der Waals surface area (Å²) in [5.74, 6) is -0.216. The lowest BCUT2D eigenvalue weighted by Crippen LogP contribution is -2.31. The maximum atomic E-state index is 12.4. The van der Waals surface area contributed by atoms with E-state index in [4.69, 9.17) is 16.3 Å². The predicted octanol–water partition coefficient (Wildman–Crippen LogP) is 2.88.